The molecular formula is C90H157NO8P+. The predicted octanol–water partition coefficient (Wildman–Crippen LogP) is 28.1. The number of carbonyl (C=O) groups excluding carboxylic acids is 2. The molecule has 1 N–H and O–H groups in total. The lowest BCUT2D eigenvalue weighted by Gasteiger charge is -2.24. The van der Waals surface area contributed by atoms with Gasteiger partial charge < -0.3 is 18.9 Å². The van der Waals surface area contributed by atoms with Crippen LogP contribution in [0.1, 0.15) is 361 Å². The molecule has 0 bridgehead atoms. The van der Waals surface area contributed by atoms with E-state index in [1.165, 1.54) is 218 Å². The summed E-state index contributed by atoms with van der Waals surface area (Å²) in [5.41, 5.74) is 0. The van der Waals surface area contributed by atoms with Crippen molar-refractivity contribution in [3.8, 4) is 0 Å². The summed E-state index contributed by atoms with van der Waals surface area (Å²) < 4.78 is 34.9. The zero-order chi connectivity index (χ0) is 72.5. The molecule has 9 nitrogen and oxygen atoms in total. The van der Waals surface area contributed by atoms with Crippen LogP contribution < -0.4 is 0 Å². The molecule has 574 valence electrons. The Labute approximate surface area is 618 Å². The monoisotopic (exact) mass is 1410 g/mol. The molecule has 0 fully saturated rings. The van der Waals surface area contributed by atoms with E-state index >= 15 is 0 Å². The van der Waals surface area contributed by atoms with Gasteiger partial charge in [-0.05, 0) is 116 Å². The van der Waals surface area contributed by atoms with Crippen LogP contribution in [-0.2, 0) is 32.7 Å². The van der Waals surface area contributed by atoms with Gasteiger partial charge in [-0.1, -0.05) is 378 Å². The van der Waals surface area contributed by atoms with Gasteiger partial charge in [0.15, 0.2) is 6.10 Å². The summed E-state index contributed by atoms with van der Waals surface area (Å²) in [6.45, 7) is 4.24. The number of ether oxygens (including phenoxy) is 2. The van der Waals surface area contributed by atoms with E-state index < -0.39 is 26.5 Å². The number of hydrogen-bond donors (Lipinski definition) is 1. The normalized spacial score (nSPS) is 13.8. The lowest BCUT2D eigenvalue weighted by atomic mass is 10.0. The van der Waals surface area contributed by atoms with Gasteiger partial charge in [0.25, 0.3) is 0 Å². The van der Waals surface area contributed by atoms with Crippen molar-refractivity contribution in [2.75, 3.05) is 47.5 Å². The Bertz CT molecular complexity index is 2210. The third-order valence-corrected chi connectivity index (χ3v) is 18.8. The molecule has 0 saturated carbocycles. The third kappa shape index (κ3) is 82.8. The van der Waals surface area contributed by atoms with Crippen molar-refractivity contribution in [2.24, 2.45) is 0 Å². The molecule has 0 amide bonds. The minimum Gasteiger partial charge on any atom is -0.462 e. The Balaban J connectivity index is 3.94. The molecule has 0 aliphatic rings. The van der Waals surface area contributed by atoms with Gasteiger partial charge in [-0.25, -0.2) is 4.57 Å². The average molecular weight is 1410 g/mol. The SMILES string of the molecule is CC/C=C\C/C=C\C/C=C\C/C=C\C/C=C\C/C=C\CCCCCCCCCCCCCCCCCCCCCCCCC(=O)OC(COC(=O)CCCCCCCCCCCCCCCCCC/C=C\C/C=C\C/C=C\C/C=C\C/C=C\C/C=C\CC)COP(=O)(O)OCC[N+](C)(C)C. The van der Waals surface area contributed by atoms with E-state index in [4.69, 9.17) is 18.5 Å². The fourth-order valence-corrected chi connectivity index (χ4v) is 12.4. The van der Waals surface area contributed by atoms with Gasteiger partial charge in [0.1, 0.15) is 19.8 Å². The molecule has 0 radical (unpaired) electrons. The maximum absolute atomic E-state index is 12.9. The topological polar surface area (TPSA) is 108 Å². The Hall–Kier alpha value is -4.11. The number of allylic oxidation sites excluding steroid dienone is 24. The van der Waals surface area contributed by atoms with Crippen LogP contribution in [-0.4, -0.2) is 74.9 Å². The maximum Gasteiger partial charge on any atom is 0.472 e. The number of phosphoric acid groups is 1. The molecule has 0 rings (SSSR count). The summed E-state index contributed by atoms with van der Waals surface area (Å²) in [4.78, 5) is 36.0. The highest BCUT2D eigenvalue weighted by Gasteiger charge is 2.27. The van der Waals surface area contributed by atoms with Crippen molar-refractivity contribution in [1.82, 2.24) is 0 Å². The van der Waals surface area contributed by atoms with Gasteiger partial charge in [0.05, 0.1) is 27.7 Å². The molecule has 0 heterocycles. The van der Waals surface area contributed by atoms with Crippen molar-refractivity contribution in [3.05, 3.63) is 146 Å². The van der Waals surface area contributed by atoms with Crippen LogP contribution >= 0.6 is 7.82 Å². The van der Waals surface area contributed by atoms with Crippen LogP contribution in [0.25, 0.3) is 0 Å². The fraction of sp³-hybridized carbons (Fsp3) is 0.711. The van der Waals surface area contributed by atoms with E-state index in [-0.39, 0.29) is 32.0 Å². The first-order chi connectivity index (χ1) is 49.0. The molecule has 2 atom stereocenters. The number of hydrogen-bond acceptors (Lipinski definition) is 7. The number of unbranched alkanes of at least 4 members (excludes halogenated alkanes) is 38. The average Bonchev–Trinajstić information content (AvgIpc) is 1.30. The summed E-state index contributed by atoms with van der Waals surface area (Å²) in [6.07, 6.45) is 117. The molecule has 0 aromatic rings. The fourth-order valence-electron chi connectivity index (χ4n) is 11.6. The Kier molecular flexibility index (Phi) is 75.8. The third-order valence-electron chi connectivity index (χ3n) is 17.9. The highest BCUT2D eigenvalue weighted by atomic mass is 31.2. The zero-order valence-corrected chi connectivity index (χ0v) is 66.5. The number of esters is 2. The number of likely N-dealkylation sites (N-methyl/N-ethyl adjacent to an activating group) is 1. The van der Waals surface area contributed by atoms with Crippen molar-refractivity contribution >= 4 is 19.8 Å². The maximum atomic E-state index is 12.9. The molecular weight excluding hydrogens is 1250 g/mol. The smallest absolute Gasteiger partial charge is 0.462 e. The van der Waals surface area contributed by atoms with E-state index in [1.807, 2.05) is 21.1 Å². The first kappa shape index (κ1) is 95.9. The van der Waals surface area contributed by atoms with Crippen molar-refractivity contribution < 1.29 is 42.1 Å². The predicted molar refractivity (Wildman–Crippen MR) is 436 cm³/mol. The molecule has 0 saturated heterocycles. The van der Waals surface area contributed by atoms with Crippen molar-refractivity contribution in [3.63, 3.8) is 0 Å². The quantitative estimate of drug-likeness (QED) is 0.0211. The summed E-state index contributed by atoms with van der Waals surface area (Å²) in [5.74, 6) is -0.786. The number of rotatable bonds is 76. The summed E-state index contributed by atoms with van der Waals surface area (Å²) in [7, 11) is 1.48. The highest BCUT2D eigenvalue weighted by molar-refractivity contribution is 7.47. The van der Waals surface area contributed by atoms with E-state index in [2.05, 4.69) is 160 Å². The van der Waals surface area contributed by atoms with Gasteiger partial charge in [0.2, 0.25) is 0 Å². The van der Waals surface area contributed by atoms with Gasteiger partial charge in [-0.3, -0.25) is 18.6 Å². The van der Waals surface area contributed by atoms with Crippen LogP contribution in [0.15, 0.2) is 146 Å². The lowest BCUT2D eigenvalue weighted by Crippen LogP contribution is -2.37. The van der Waals surface area contributed by atoms with E-state index in [0.717, 1.165) is 109 Å². The van der Waals surface area contributed by atoms with Crippen molar-refractivity contribution in [1.29, 1.82) is 0 Å². The molecule has 0 aromatic carbocycles. The van der Waals surface area contributed by atoms with Crippen molar-refractivity contribution in [2.45, 2.75) is 367 Å². The molecule has 0 spiro atoms. The first-order valence-electron chi connectivity index (χ1n) is 41.6. The molecule has 0 aliphatic heterocycles. The number of phosphoric ester groups is 1. The Morgan fingerprint density at radius 2 is 0.540 bits per heavy atom. The molecule has 0 aromatic heterocycles. The second-order valence-electron chi connectivity index (χ2n) is 28.7. The second kappa shape index (κ2) is 79.0. The Morgan fingerprint density at radius 3 is 0.800 bits per heavy atom. The number of quaternary nitrogens is 1. The van der Waals surface area contributed by atoms with Crippen LogP contribution in [0, 0.1) is 0 Å². The number of carbonyl (C=O) groups is 2. The van der Waals surface area contributed by atoms with Crippen LogP contribution in [0.2, 0.25) is 0 Å². The standard InChI is InChI=1S/C90H156NO8P/c1-6-8-10-12-14-16-18-20-22-24-26-28-30-32-34-36-38-40-42-43-44-45-46-47-49-51-53-55-57-59-61-63-65-67-69-71-73-75-77-79-81-83-90(93)99-88(87-98-100(94,95)97-85-84-91(3,4)5)86-96-89(92)82-80-78-76-74-72-70-68-66-64-62-60-58-56-54-52-50-48-41-39-37-35-33-31-29-27-25-23-21-19-17-15-13-11-9-7-2/h8-11,14-17,20-23,26-29,32-35,38-41,88H,6-7,12-13,18-19,24-25,30-31,36-37,42-87H2,1-5H3/p+1/b10-8-,11-9-,16-14-,17-15-,22-20-,23-21-,28-26-,29-27-,34-32-,35-33-,40-38-,41-39-. The van der Waals surface area contributed by atoms with E-state index in [0.29, 0.717) is 17.4 Å². The summed E-state index contributed by atoms with van der Waals surface area (Å²) in [6, 6.07) is 0. The van der Waals surface area contributed by atoms with Crippen LogP contribution in [0.3, 0.4) is 0 Å². The molecule has 100 heavy (non-hydrogen) atoms. The summed E-state index contributed by atoms with van der Waals surface area (Å²) in [5, 5.41) is 0. The second-order valence-corrected chi connectivity index (χ2v) is 30.2. The first-order valence-corrected chi connectivity index (χ1v) is 43.1. The Morgan fingerprint density at radius 1 is 0.310 bits per heavy atom. The minimum absolute atomic E-state index is 0.0293. The number of nitrogens with zero attached hydrogens (tertiary/aromatic N) is 1. The minimum atomic E-state index is -4.40. The largest absolute Gasteiger partial charge is 0.472 e. The molecule has 2 unspecified atom stereocenters. The van der Waals surface area contributed by atoms with E-state index in [1.54, 1.807) is 0 Å². The van der Waals surface area contributed by atoms with Crippen LogP contribution in [0.5, 0.6) is 0 Å². The molecule has 0 aliphatic carbocycles. The summed E-state index contributed by atoms with van der Waals surface area (Å²) >= 11 is 0. The van der Waals surface area contributed by atoms with Crippen LogP contribution in [0.4, 0.5) is 0 Å². The lowest BCUT2D eigenvalue weighted by molar-refractivity contribution is -0.870. The van der Waals surface area contributed by atoms with Gasteiger partial charge >= 0.3 is 19.8 Å². The van der Waals surface area contributed by atoms with E-state index in [9.17, 15) is 19.0 Å². The molecule has 10 heteroatoms. The highest BCUT2D eigenvalue weighted by Crippen LogP contribution is 2.43. The van der Waals surface area contributed by atoms with Gasteiger partial charge in [0, 0.05) is 12.8 Å². The van der Waals surface area contributed by atoms with Gasteiger partial charge in [-0.2, -0.15) is 0 Å². The zero-order valence-electron chi connectivity index (χ0n) is 65.6. The van der Waals surface area contributed by atoms with Gasteiger partial charge in [-0.15, -0.1) is 0 Å².